The van der Waals surface area contributed by atoms with Crippen molar-refractivity contribution in [3.8, 4) is 0 Å². The Bertz CT molecular complexity index is 1250. The largest absolute Gasteiger partial charge is 0.352 e. The number of benzene rings is 3. The molecule has 1 aliphatic carbocycles. The van der Waals surface area contributed by atoms with Crippen LogP contribution in [0, 0.1) is 0 Å². The van der Waals surface area contributed by atoms with Crippen molar-refractivity contribution in [1.82, 2.24) is 10.2 Å². The van der Waals surface area contributed by atoms with Gasteiger partial charge in [-0.15, -0.1) is 11.8 Å². The van der Waals surface area contributed by atoms with Gasteiger partial charge in [0.25, 0.3) is 0 Å². The molecule has 0 bridgehead atoms. The minimum absolute atomic E-state index is 0.105. The lowest BCUT2D eigenvalue weighted by atomic mass is 9.94. The van der Waals surface area contributed by atoms with E-state index in [2.05, 4.69) is 5.32 Å². The summed E-state index contributed by atoms with van der Waals surface area (Å²) < 4.78 is 0. The number of rotatable bonds is 11. The SMILES string of the molecule is O=C(NC1CCCCC1)[C@H](Cc1ccccc1)N(Cc1cccc(Cl)c1)C(=O)CSCc1ccc(Cl)cc1Cl. The molecule has 1 aliphatic rings. The summed E-state index contributed by atoms with van der Waals surface area (Å²) in [5, 5.41) is 5.02. The van der Waals surface area contributed by atoms with E-state index in [-0.39, 0.29) is 30.2 Å². The molecule has 0 heterocycles. The minimum Gasteiger partial charge on any atom is -0.352 e. The second kappa shape index (κ2) is 15.0. The van der Waals surface area contributed by atoms with Gasteiger partial charge in [-0.1, -0.05) is 103 Å². The molecule has 0 saturated heterocycles. The Morgan fingerprint density at radius 2 is 1.59 bits per heavy atom. The van der Waals surface area contributed by atoms with E-state index in [0.29, 0.717) is 27.2 Å². The molecule has 39 heavy (non-hydrogen) atoms. The summed E-state index contributed by atoms with van der Waals surface area (Å²) in [6.45, 7) is 0.289. The first-order valence-electron chi connectivity index (χ1n) is 13.3. The van der Waals surface area contributed by atoms with Crippen molar-refractivity contribution in [2.75, 3.05) is 5.75 Å². The zero-order chi connectivity index (χ0) is 27.6. The van der Waals surface area contributed by atoms with E-state index >= 15 is 0 Å². The number of carbonyl (C=O) groups excluding carboxylic acids is 2. The maximum atomic E-state index is 13.8. The van der Waals surface area contributed by atoms with Crippen LogP contribution < -0.4 is 5.32 Å². The van der Waals surface area contributed by atoms with Crippen LogP contribution in [0.5, 0.6) is 0 Å². The second-order valence-corrected chi connectivity index (χ2v) is 12.2. The Hall–Kier alpha value is -2.18. The molecule has 0 radical (unpaired) electrons. The van der Waals surface area contributed by atoms with Crippen molar-refractivity contribution in [1.29, 1.82) is 0 Å². The van der Waals surface area contributed by atoms with E-state index in [0.717, 1.165) is 42.4 Å². The first-order chi connectivity index (χ1) is 18.9. The number of hydrogen-bond acceptors (Lipinski definition) is 3. The highest BCUT2D eigenvalue weighted by Crippen LogP contribution is 2.26. The molecule has 0 aliphatic heterocycles. The standard InChI is InChI=1S/C31H33Cl3N2O2S/c32-25-11-7-10-23(16-25)19-36(30(37)21-39-20-24-14-15-26(33)18-28(24)34)29(17-22-8-3-1-4-9-22)31(38)35-27-12-5-2-6-13-27/h1,3-4,7-11,14-16,18,27,29H,2,5-6,12-13,17,19-21H2,(H,35,38)/t29-/m0/s1. The van der Waals surface area contributed by atoms with Gasteiger partial charge in [-0.05, 0) is 53.8 Å². The summed E-state index contributed by atoms with van der Waals surface area (Å²) in [6, 6.07) is 22.2. The topological polar surface area (TPSA) is 49.4 Å². The van der Waals surface area contributed by atoms with Crippen molar-refractivity contribution >= 4 is 58.4 Å². The van der Waals surface area contributed by atoms with Crippen LogP contribution in [0.25, 0.3) is 0 Å². The van der Waals surface area contributed by atoms with Gasteiger partial charge >= 0.3 is 0 Å². The number of amides is 2. The van der Waals surface area contributed by atoms with E-state index in [1.807, 2.05) is 54.6 Å². The van der Waals surface area contributed by atoms with Gasteiger partial charge < -0.3 is 10.2 Å². The van der Waals surface area contributed by atoms with Crippen LogP contribution in [0.2, 0.25) is 15.1 Å². The van der Waals surface area contributed by atoms with E-state index in [9.17, 15) is 9.59 Å². The normalized spacial score (nSPS) is 14.5. The molecule has 0 aromatic heterocycles. The smallest absolute Gasteiger partial charge is 0.243 e. The van der Waals surface area contributed by atoms with E-state index in [1.54, 1.807) is 23.1 Å². The zero-order valence-electron chi connectivity index (χ0n) is 21.8. The lowest BCUT2D eigenvalue weighted by molar-refractivity contribution is -0.139. The number of nitrogens with one attached hydrogen (secondary N) is 1. The first-order valence-corrected chi connectivity index (χ1v) is 15.6. The Kier molecular flexibility index (Phi) is 11.5. The van der Waals surface area contributed by atoms with Crippen LogP contribution in [0.3, 0.4) is 0 Å². The predicted molar refractivity (Wildman–Crippen MR) is 164 cm³/mol. The van der Waals surface area contributed by atoms with Gasteiger partial charge in [0, 0.05) is 39.8 Å². The maximum Gasteiger partial charge on any atom is 0.243 e. The number of carbonyl (C=O) groups is 2. The van der Waals surface area contributed by atoms with Crippen molar-refractivity contribution in [3.05, 3.63) is 105 Å². The van der Waals surface area contributed by atoms with Gasteiger partial charge in [0.2, 0.25) is 11.8 Å². The van der Waals surface area contributed by atoms with Gasteiger partial charge in [0.15, 0.2) is 0 Å². The summed E-state index contributed by atoms with van der Waals surface area (Å²) in [4.78, 5) is 29.4. The Morgan fingerprint density at radius 1 is 0.872 bits per heavy atom. The molecular formula is C31H33Cl3N2O2S. The Balaban J connectivity index is 1.57. The molecule has 2 amide bonds. The first kappa shape index (κ1) is 29.8. The van der Waals surface area contributed by atoms with E-state index < -0.39 is 6.04 Å². The average Bonchev–Trinajstić information content (AvgIpc) is 2.93. The van der Waals surface area contributed by atoms with Crippen LogP contribution >= 0.6 is 46.6 Å². The van der Waals surface area contributed by atoms with Gasteiger partial charge in [-0.3, -0.25) is 9.59 Å². The molecule has 3 aromatic carbocycles. The highest BCUT2D eigenvalue weighted by Gasteiger charge is 2.32. The summed E-state index contributed by atoms with van der Waals surface area (Å²) in [6.07, 6.45) is 5.81. The third-order valence-electron chi connectivity index (χ3n) is 6.96. The summed E-state index contributed by atoms with van der Waals surface area (Å²) in [7, 11) is 0. The van der Waals surface area contributed by atoms with Crippen LogP contribution in [0.1, 0.15) is 48.8 Å². The van der Waals surface area contributed by atoms with E-state index in [1.165, 1.54) is 18.2 Å². The number of hydrogen-bond donors (Lipinski definition) is 1. The molecule has 1 N–H and O–H groups in total. The van der Waals surface area contributed by atoms with Crippen molar-refractivity contribution < 1.29 is 9.59 Å². The molecule has 1 saturated carbocycles. The predicted octanol–water partition coefficient (Wildman–Crippen LogP) is 7.97. The zero-order valence-corrected chi connectivity index (χ0v) is 24.8. The number of halogens is 3. The fraction of sp³-hybridized carbons (Fsp3) is 0.355. The minimum atomic E-state index is -0.652. The van der Waals surface area contributed by atoms with Crippen LogP contribution in [0.4, 0.5) is 0 Å². The third kappa shape index (κ3) is 9.18. The Morgan fingerprint density at radius 3 is 2.31 bits per heavy atom. The molecule has 1 fully saturated rings. The number of nitrogens with zero attached hydrogens (tertiary/aromatic N) is 1. The monoisotopic (exact) mass is 602 g/mol. The summed E-state index contributed by atoms with van der Waals surface area (Å²) in [5.74, 6) is 0.558. The van der Waals surface area contributed by atoms with Gasteiger partial charge in [-0.2, -0.15) is 0 Å². The average molecular weight is 604 g/mol. The highest BCUT2D eigenvalue weighted by atomic mass is 35.5. The van der Waals surface area contributed by atoms with E-state index in [4.69, 9.17) is 34.8 Å². The summed E-state index contributed by atoms with van der Waals surface area (Å²) >= 11 is 20.1. The van der Waals surface area contributed by atoms with Crippen molar-refractivity contribution in [3.63, 3.8) is 0 Å². The lowest BCUT2D eigenvalue weighted by Gasteiger charge is -2.33. The van der Waals surface area contributed by atoms with Gasteiger partial charge in [0.05, 0.1) is 5.75 Å². The molecule has 0 unspecified atom stereocenters. The maximum absolute atomic E-state index is 13.8. The van der Waals surface area contributed by atoms with Crippen LogP contribution in [0.15, 0.2) is 72.8 Å². The second-order valence-electron chi connectivity index (χ2n) is 9.93. The third-order valence-corrected chi connectivity index (χ3v) is 8.75. The molecule has 4 rings (SSSR count). The number of thioether (sulfide) groups is 1. The quantitative estimate of drug-likeness (QED) is 0.242. The molecule has 206 valence electrons. The van der Waals surface area contributed by atoms with Crippen LogP contribution in [-0.4, -0.2) is 34.6 Å². The highest BCUT2D eigenvalue weighted by molar-refractivity contribution is 7.99. The molecule has 1 atom stereocenters. The lowest BCUT2D eigenvalue weighted by Crippen LogP contribution is -2.53. The van der Waals surface area contributed by atoms with Crippen LogP contribution in [-0.2, 0) is 28.3 Å². The molecular weight excluding hydrogens is 571 g/mol. The fourth-order valence-electron chi connectivity index (χ4n) is 4.90. The fourth-order valence-corrected chi connectivity index (χ4v) is 6.58. The van der Waals surface area contributed by atoms with Crippen molar-refractivity contribution in [2.45, 2.75) is 62.9 Å². The molecule has 8 heteroatoms. The summed E-state index contributed by atoms with van der Waals surface area (Å²) in [5.41, 5.74) is 2.80. The van der Waals surface area contributed by atoms with Crippen molar-refractivity contribution in [2.24, 2.45) is 0 Å². The molecule has 4 nitrogen and oxygen atoms in total. The van der Waals surface area contributed by atoms with Gasteiger partial charge in [0.1, 0.15) is 6.04 Å². The van der Waals surface area contributed by atoms with Gasteiger partial charge in [-0.25, -0.2) is 0 Å². The molecule has 0 spiro atoms. The molecule has 3 aromatic rings. The Labute approximate surface area is 250 Å².